The summed E-state index contributed by atoms with van der Waals surface area (Å²) in [6, 6.07) is 12.3. The molecule has 2 aliphatic rings. The minimum atomic E-state index is -0.140. The normalized spacial score (nSPS) is 18.9. The van der Waals surface area contributed by atoms with E-state index in [1.54, 1.807) is 6.20 Å². The molecule has 0 fully saturated rings. The van der Waals surface area contributed by atoms with Crippen molar-refractivity contribution in [1.82, 2.24) is 10.3 Å². The fourth-order valence-corrected chi connectivity index (χ4v) is 3.43. The SMILES string of the molecule is CC(=O)NC1=CC(c2cccnc2)C2=C(O1)c1ccccc1CC2. The van der Waals surface area contributed by atoms with Gasteiger partial charge in [-0.2, -0.15) is 0 Å². The highest BCUT2D eigenvalue weighted by Crippen LogP contribution is 2.43. The second kappa shape index (κ2) is 5.96. The van der Waals surface area contributed by atoms with Crippen LogP contribution in [0.1, 0.15) is 36.0 Å². The zero-order valence-electron chi connectivity index (χ0n) is 13.5. The Hall–Kier alpha value is -2.88. The molecule has 1 amide bonds. The number of nitrogens with one attached hydrogen (secondary N) is 1. The summed E-state index contributed by atoms with van der Waals surface area (Å²) in [5.74, 6) is 1.29. The molecular weight excluding hydrogens is 300 g/mol. The van der Waals surface area contributed by atoms with Gasteiger partial charge in [0.25, 0.3) is 0 Å². The van der Waals surface area contributed by atoms with Crippen molar-refractivity contribution < 1.29 is 9.53 Å². The number of ether oxygens (including phenoxy) is 1. The van der Waals surface area contributed by atoms with Gasteiger partial charge in [0.05, 0.1) is 0 Å². The Morgan fingerprint density at radius 2 is 2.08 bits per heavy atom. The van der Waals surface area contributed by atoms with E-state index in [4.69, 9.17) is 4.74 Å². The lowest BCUT2D eigenvalue weighted by Gasteiger charge is -2.32. The summed E-state index contributed by atoms with van der Waals surface area (Å²) in [4.78, 5) is 15.7. The van der Waals surface area contributed by atoms with Gasteiger partial charge in [0, 0.05) is 30.8 Å². The maximum Gasteiger partial charge on any atom is 0.223 e. The molecule has 4 heteroatoms. The molecule has 0 saturated heterocycles. The Bertz CT molecular complexity index is 853. The number of carbonyl (C=O) groups is 1. The van der Waals surface area contributed by atoms with Crippen LogP contribution in [-0.4, -0.2) is 10.9 Å². The second-order valence-electron chi connectivity index (χ2n) is 6.09. The summed E-state index contributed by atoms with van der Waals surface area (Å²) < 4.78 is 6.07. The largest absolute Gasteiger partial charge is 0.441 e. The lowest BCUT2D eigenvalue weighted by Crippen LogP contribution is -2.26. The highest BCUT2D eigenvalue weighted by atomic mass is 16.5. The molecule has 2 heterocycles. The fraction of sp³-hybridized carbons (Fsp3) is 0.200. The molecule has 1 atom stereocenters. The first-order valence-corrected chi connectivity index (χ1v) is 8.11. The van der Waals surface area contributed by atoms with Crippen LogP contribution < -0.4 is 5.32 Å². The Labute approximate surface area is 140 Å². The molecule has 1 aromatic heterocycles. The summed E-state index contributed by atoms with van der Waals surface area (Å²) in [6.07, 6.45) is 7.56. The minimum absolute atomic E-state index is 0.0673. The molecule has 4 nitrogen and oxygen atoms in total. The Morgan fingerprint density at radius 1 is 1.21 bits per heavy atom. The van der Waals surface area contributed by atoms with Crippen molar-refractivity contribution >= 4 is 11.7 Å². The van der Waals surface area contributed by atoms with Gasteiger partial charge in [-0.25, -0.2) is 0 Å². The first-order chi connectivity index (χ1) is 11.7. The predicted octanol–water partition coefficient (Wildman–Crippen LogP) is 3.53. The van der Waals surface area contributed by atoms with E-state index < -0.39 is 0 Å². The van der Waals surface area contributed by atoms with Crippen LogP contribution in [-0.2, 0) is 16.0 Å². The van der Waals surface area contributed by atoms with Crippen molar-refractivity contribution in [3.63, 3.8) is 0 Å². The highest BCUT2D eigenvalue weighted by Gasteiger charge is 2.31. The maximum atomic E-state index is 11.5. The number of amides is 1. The quantitative estimate of drug-likeness (QED) is 0.921. The third kappa shape index (κ3) is 2.60. The number of rotatable bonds is 2. The maximum absolute atomic E-state index is 11.5. The summed E-state index contributed by atoms with van der Waals surface area (Å²) in [5.41, 5.74) is 4.75. The summed E-state index contributed by atoms with van der Waals surface area (Å²) >= 11 is 0. The number of pyridine rings is 1. The number of aryl methyl sites for hydroxylation is 1. The predicted molar refractivity (Wildman–Crippen MR) is 91.6 cm³/mol. The van der Waals surface area contributed by atoms with Gasteiger partial charge in [-0.3, -0.25) is 15.1 Å². The average Bonchev–Trinajstić information content (AvgIpc) is 2.61. The van der Waals surface area contributed by atoms with Gasteiger partial charge >= 0.3 is 0 Å². The van der Waals surface area contributed by atoms with Gasteiger partial charge in [0.2, 0.25) is 5.91 Å². The molecule has 4 rings (SSSR count). The summed E-state index contributed by atoms with van der Waals surface area (Å²) in [6.45, 7) is 1.49. The molecule has 24 heavy (non-hydrogen) atoms. The van der Waals surface area contributed by atoms with Crippen LogP contribution >= 0.6 is 0 Å². The van der Waals surface area contributed by atoms with E-state index in [9.17, 15) is 4.79 Å². The van der Waals surface area contributed by atoms with E-state index in [0.717, 1.165) is 29.7 Å². The Kier molecular flexibility index (Phi) is 3.65. The zero-order valence-corrected chi connectivity index (χ0v) is 13.5. The molecule has 1 unspecified atom stereocenters. The molecule has 1 aliphatic heterocycles. The van der Waals surface area contributed by atoms with Crippen molar-refractivity contribution in [2.24, 2.45) is 0 Å². The van der Waals surface area contributed by atoms with Crippen LogP contribution in [0.5, 0.6) is 0 Å². The Morgan fingerprint density at radius 3 is 2.88 bits per heavy atom. The van der Waals surface area contributed by atoms with Crippen LogP contribution in [0.2, 0.25) is 0 Å². The minimum Gasteiger partial charge on any atom is -0.441 e. The van der Waals surface area contributed by atoms with Crippen LogP contribution in [0.4, 0.5) is 0 Å². The summed E-state index contributed by atoms with van der Waals surface area (Å²) in [7, 11) is 0. The van der Waals surface area contributed by atoms with E-state index in [-0.39, 0.29) is 11.8 Å². The summed E-state index contributed by atoms with van der Waals surface area (Å²) in [5, 5.41) is 2.79. The molecule has 1 N–H and O–H groups in total. The average molecular weight is 318 g/mol. The Balaban J connectivity index is 1.83. The number of hydrogen-bond acceptors (Lipinski definition) is 3. The van der Waals surface area contributed by atoms with Crippen molar-refractivity contribution in [1.29, 1.82) is 0 Å². The van der Waals surface area contributed by atoms with Crippen LogP contribution in [0.3, 0.4) is 0 Å². The molecule has 0 spiro atoms. The van der Waals surface area contributed by atoms with E-state index in [1.165, 1.54) is 18.1 Å². The molecule has 0 saturated carbocycles. The van der Waals surface area contributed by atoms with Crippen molar-refractivity contribution in [3.05, 3.63) is 83.0 Å². The van der Waals surface area contributed by atoms with E-state index >= 15 is 0 Å². The van der Waals surface area contributed by atoms with Crippen LogP contribution in [0, 0.1) is 0 Å². The monoisotopic (exact) mass is 318 g/mol. The van der Waals surface area contributed by atoms with E-state index in [2.05, 4.69) is 34.6 Å². The van der Waals surface area contributed by atoms with E-state index in [0.29, 0.717) is 5.88 Å². The van der Waals surface area contributed by atoms with E-state index in [1.807, 2.05) is 24.4 Å². The molecule has 1 aliphatic carbocycles. The zero-order chi connectivity index (χ0) is 16.5. The number of fused-ring (bicyclic) bond motifs is 2. The van der Waals surface area contributed by atoms with Gasteiger partial charge < -0.3 is 4.74 Å². The molecule has 2 aromatic rings. The number of benzene rings is 1. The molecular formula is C20H18N2O2. The van der Waals surface area contributed by atoms with Crippen molar-refractivity contribution in [3.8, 4) is 0 Å². The van der Waals surface area contributed by atoms with Crippen molar-refractivity contribution in [2.75, 3.05) is 0 Å². The molecule has 1 aromatic carbocycles. The topological polar surface area (TPSA) is 51.2 Å². The lowest BCUT2D eigenvalue weighted by atomic mass is 9.80. The number of hydrogen-bond donors (Lipinski definition) is 1. The van der Waals surface area contributed by atoms with Crippen LogP contribution in [0.15, 0.2) is 66.3 Å². The molecule has 0 radical (unpaired) electrons. The third-order valence-electron chi connectivity index (χ3n) is 4.47. The number of carbonyl (C=O) groups excluding carboxylic acids is 1. The lowest BCUT2D eigenvalue weighted by molar-refractivity contribution is -0.118. The number of nitrogens with zero attached hydrogens (tertiary/aromatic N) is 1. The van der Waals surface area contributed by atoms with Gasteiger partial charge in [-0.15, -0.1) is 0 Å². The smallest absolute Gasteiger partial charge is 0.223 e. The first kappa shape index (κ1) is 14.7. The van der Waals surface area contributed by atoms with Gasteiger partial charge in [0.15, 0.2) is 5.88 Å². The second-order valence-corrected chi connectivity index (χ2v) is 6.09. The van der Waals surface area contributed by atoms with Crippen molar-refractivity contribution in [2.45, 2.75) is 25.7 Å². The van der Waals surface area contributed by atoms with Gasteiger partial charge in [-0.05, 0) is 41.7 Å². The number of aromatic nitrogens is 1. The van der Waals surface area contributed by atoms with Crippen LogP contribution in [0.25, 0.3) is 5.76 Å². The van der Waals surface area contributed by atoms with Gasteiger partial charge in [-0.1, -0.05) is 30.3 Å². The first-order valence-electron chi connectivity index (χ1n) is 8.11. The van der Waals surface area contributed by atoms with Gasteiger partial charge in [0.1, 0.15) is 5.76 Å². The standard InChI is InChI=1S/C20H18N2O2/c1-13(23)22-19-11-18(15-6-4-10-21-12-15)17-9-8-14-5-2-3-7-16(14)20(17)24-19/h2-7,10-12,18H,8-9H2,1H3,(H,22,23). The molecule has 0 bridgehead atoms. The third-order valence-corrected chi connectivity index (χ3v) is 4.47. The number of allylic oxidation sites excluding steroid dienone is 2. The molecule has 120 valence electrons. The highest BCUT2D eigenvalue weighted by molar-refractivity contribution is 5.77. The fourth-order valence-electron chi connectivity index (χ4n) is 3.43.